The second-order valence-electron chi connectivity index (χ2n) is 5.77. The van der Waals surface area contributed by atoms with Gasteiger partial charge in [0.25, 0.3) is 0 Å². The van der Waals surface area contributed by atoms with Gasteiger partial charge in [-0.05, 0) is 44.5 Å². The number of likely N-dealkylation sites (tertiary alicyclic amines) is 1. The van der Waals surface area contributed by atoms with Gasteiger partial charge in [0.15, 0.2) is 0 Å². The molecule has 1 aromatic carbocycles. The van der Waals surface area contributed by atoms with Crippen LogP contribution in [0.15, 0.2) is 18.2 Å². The van der Waals surface area contributed by atoms with Crippen molar-refractivity contribution in [2.24, 2.45) is 5.73 Å². The molecule has 5 heteroatoms. The van der Waals surface area contributed by atoms with Gasteiger partial charge in [0, 0.05) is 31.8 Å². The number of rotatable bonds is 4. The second kappa shape index (κ2) is 6.16. The van der Waals surface area contributed by atoms with Crippen molar-refractivity contribution in [3.8, 4) is 0 Å². The molecule has 1 fully saturated rings. The average Bonchev–Trinajstić information content (AvgIpc) is 2.41. The third-order valence-electron chi connectivity index (χ3n) is 4.04. The maximum atomic E-state index is 13.7. The van der Waals surface area contributed by atoms with E-state index in [0.717, 1.165) is 38.1 Å². The van der Waals surface area contributed by atoms with Gasteiger partial charge in [-0.2, -0.15) is 0 Å². The molecule has 0 aliphatic carbocycles. The van der Waals surface area contributed by atoms with Crippen molar-refractivity contribution in [1.82, 2.24) is 4.90 Å². The van der Waals surface area contributed by atoms with Gasteiger partial charge in [-0.25, -0.2) is 8.78 Å². The highest BCUT2D eigenvalue weighted by atomic mass is 19.1. The van der Waals surface area contributed by atoms with E-state index >= 15 is 0 Å². The lowest BCUT2D eigenvalue weighted by molar-refractivity contribution is -0.0517. The monoisotopic (exact) mass is 284 g/mol. The van der Waals surface area contributed by atoms with E-state index in [1.807, 2.05) is 0 Å². The van der Waals surface area contributed by atoms with Gasteiger partial charge in [-0.3, -0.25) is 4.90 Å². The lowest BCUT2D eigenvalue weighted by atomic mass is 9.94. The van der Waals surface area contributed by atoms with E-state index in [1.54, 1.807) is 7.11 Å². The molecule has 2 unspecified atom stereocenters. The summed E-state index contributed by atoms with van der Waals surface area (Å²) in [5.41, 5.74) is 6.09. The number of halogens is 2. The summed E-state index contributed by atoms with van der Waals surface area (Å²) in [7, 11) is 1.70. The first-order valence-electron chi connectivity index (χ1n) is 6.91. The largest absolute Gasteiger partial charge is 0.377 e. The van der Waals surface area contributed by atoms with Crippen LogP contribution in [0.5, 0.6) is 0 Å². The molecule has 0 bridgehead atoms. The predicted octanol–water partition coefficient (Wildman–Crippen LogP) is 2.47. The van der Waals surface area contributed by atoms with E-state index in [2.05, 4.69) is 11.8 Å². The molecule has 2 rings (SSSR count). The molecule has 1 aromatic rings. The first-order chi connectivity index (χ1) is 9.43. The number of nitrogens with two attached hydrogens (primary N) is 1. The fourth-order valence-electron chi connectivity index (χ4n) is 2.81. The van der Waals surface area contributed by atoms with E-state index in [4.69, 9.17) is 10.5 Å². The Kier molecular flexibility index (Phi) is 4.73. The van der Waals surface area contributed by atoms with Gasteiger partial charge in [0.2, 0.25) is 0 Å². The molecule has 1 saturated heterocycles. The molecular formula is C15H22F2N2O. The third kappa shape index (κ3) is 3.53. The number of benzene rings is 1. The number of nitrogens with zero attached hydrogens (tertiary/aromatic N) is 1. The van der Waals surface area contributed by atoms with Crippen LogP contribution in [0.2, 0.25) is 0 Å². The van der Waals surface area contributed by atoms with Crippen molar-refractivity contribution in [2.45, 2.75) is 31.4 Å². The normalized spacial score (nSPS) is 25.6. The molecule has 0 amide bonds. The second-order valence-corrected chi connectivity index (χ2v) is 5.77. The zero-order chi connectivity index (χ0) is 14.8. The van der Waals surface area contributed by atoms with Crippen LogP contribution in [-0.4, -0.2) is 37.2 Å². The quantitative estimate of drug-likeness (QED) is 0.923. The minimum absolute atomic E-state index is 0.182. The summed E-state index contributed by atoms with van der Waals surface area (Å²) in [5.74, 6) is -0.914. The molecule has 0 radical (unpaired) electrons. The SMILES string of the molecule is COC1(C)CCCN(CC(N)c2cc(F)ccc2F)C1. The molecule has 2 N–H and O–H groups in total. The molecule has 0 aromatic heterocycles. The molecule has 2 atom stereocenters. The van der Waals surface area contributed by atoms with Gasteiger partial charge in [-0.1, -0.05) is 0 Å². The van der Waals surface area contributed by atoms with Crippen LogP contribution in [0.1, 0.15) is 31.4 Å². The van der Waals surface area contributed by atoms with Crippen molar-refractivity contribution < 1.29 is 13.5 Å². The molecule has 1 heterocycles. The fourth-order valence-corrected chi connectivity index (χ4v) is 2.81. The summed E-state index contributed by atoms with van der Waals surface area (Å²) in [6.45, 7) is 4.23. The lowest BCUT2D eigenvalue weighted by Gasteiger charge is -2.40. The number of piperidine rings is 1. The smallest absolute Gasteiger partial charge is 0.128 e. The topological polar surface area (TPSA) is 38.5 Å². The van der Waals surface area contributed by atoms with Gasteiger partial charge in [-0.15, -0.1) is 0 Å². The predicted molar refractivity (Wildman–Crippen MR) is 74.4 cm³/mol. The first-order valence-corrected chi connectivity index (χ1v) is 6.91. The highest BCUT2D eigenvalue weighted by Crippen LogP contribution is 2.26. The maximum absolute atomic E-state index is 13.7. The molecule has 0 spiro atoms. The van der Waals surface area contributed by atoms with Crippen molar-refractivity contribution >= 4 is 0 Å². The lowest BCUT2D eigenvalue weighted by Crippen LogP contribution is -2.49. The number of hydrogen-bond acceptors (Lipinski definition) is 3. The Morgan fingerprint density at radius 2 is 2.20 bits per heavy atom. The molecule has 3 nitrogen and oxygen atoms in total. The zero-order valence-electron chi connectivity index (χ0n) is 12.0. The minimum Gasteiger partial charge on any atom is -0.377 e. The van der Waals surface area contributed by atoms with Crippen LogP contribution in [0, 0.1) is 11.6 Å². The van der Waals surface area contributed by atoms with Gasteiger partial charge < -0.3 is 10.5 Å². The van der Waals surface area contributed by atoms with Crippen LogP contribution in [0.25, 0.3) is 0 Å². The Morgan fingerprint density at radius 1 is 1.45 bits per heavy atom. The Morgan fingerprint density at radius 3 is 2.90 bits per heavy atom. The van der Waals surface area contributed by atoms with Crippen molar-refractivity contribution in [1.29, 1.82) is 0 Å². The molecule has 112 valence electrons. The summed E-state index contributed by atoms with van der Waals surface area (Å²) < 4.78 is 32.4. The van der Waals surface area contributed by atoms with Crippen molar-refractivity contribution in [2.75, 3.05) is 26.7 Å². The summed E-state index contributed by atoms with van der Waals surface area (Å²) in [5, 5.41) is 0. The highest BCUT2D eigenvalue weighted by Gasteiger charge is 2.31. The van der Waals surface area contributed by atoms with Gasteiger partial charge in [0.05, 0.1) is 5.60 Å². The number of hydrogen-bond donors (Lipinski definition) is 1. The van der Waals surface area contributed by atoms with E-state index in [1.165, 1.54) is 6.07 Å². The summed E-state index contributed by atoms with van der Waals surface area (Å²) in [6.07, 6.45) is 2.02. The Hall–Kier alpha value is -1.04. The Balaban J connectivity index is 2.04. The van der Waals surface area contributed by atoms with E-state index in [9.17, 15) is 8.78 Å². The summed E-state index contributed by atoms with van der Waals surface area (Å²) in [6, 6.07) is 2.87. The first kappa shape index (κ1) is 15.4. The van der Waals surface area contributed by atoms with E-state index in [0.29, 0.717) is 6.54 Å². The maximum Gasteiger partial charge on any atom is 0.128 e. The van der Waals surface area contributed by atoms with Gasteiger partial charge >= 0.3 is 0 Å². The van der Waals surface area contributed by atoms with Gasteiger partial charge in [0.1, 0.15) is 11.6 Å². The van der Waals surface area contributed by atoms with Crippen LogP contribution < -0.4 is 5.73 Å². The van der Waals surface area contributed by atoms with E-state index in [-0.39, 0.29) is 11.2 Å². The molecule has 0 saturated carbocycles. The molecule has 1 aliphatic heterocycles. The minimum atomic E-state index is -0.537. The van der Waals surface area contributed by atoms with Crippen molar-refractivity contribution in [3.63, 3.8) is 0 Å². The van der Waals surface area contributed by atoms with Crippen LogP contribution >= 0.6 is 0 Å². The average molecular weight is 284 g/mol. The Labute approximate surface area is 118 Å². The van der Waals surface area contributed by atoms with Crippen LogP contribution in [0.4, 0.5) is 8.78 Å². The number of methoxy groups -OCH3 is 1. The number of ether oxygens (including phenoxy) is 1. The molecule has 20 heavy (non-hydrogen) atoms. The fraction of sp³-hybridized carbons (Fsp3) is 0.600. The molecular weight excluding hydrogens is 262 g/mol. The van der Waals surface area contributed by atoms with Crippen molar-refractivity contribution in [3.05, 3.63) is 35.4 Å². The van der Waals surface area contributed by atoms with Crippen LogP contribution in [0.3, 0.4) is 0 Å². The zero-order valence-corrected chi connectivity index (χ0v) is 12.0. The summed E-state index contributed by atoms with van der Waals surface area (Å²) in [4.78, 5) is 2.15. The Bertz CT molecular complexity index is 469. The highest BCUT2D eigenvalue weighted by molar-refractivity contribution is 5.22. The van der Waals surface area contributed by atoms with Crippen LogP contribution in [-0.2, 0) is 4.74 Å². The molecule has 1 aliphatic rings. The van der Waals surface area contributed by atoms with E-state index < -0.39 is 17.7 Å². The third-order valence-corrected chi connectivity index (χ3v) is 4.04. The summed E-state index contributed by atoms with van der Waals surface area (Å²) >= 11 is 0. The standard InChI is InChI=1S/C15H22F2N2O/c1-15(20-2)6-3-7-19(10-15)9-14(18)12-8-11(16)4-5-13(12)17/h4-5,8,14H,3,6-7,9-10,18H2,1-2H3.